The molecular formula is C14H15N3O. The Bertz CT molecular complexity index is 526. The molecule has 0 saturated carbocycles. The lowest BCUT2D eigenvalue weighted by Crippen LogP contribution is -2.24. The normalized spacial score (nSPS) is 10.1. The minimum Gasteiger partial charge on any atom is -0.352 e. The Kier molecular flexibility index (Phi) is 4.02. The quantitative estimate of drug-likeness (QED) is 0.893. The van der Waals surface area contributed by atoms with Gasteiger partial charge in [-0.15, -0.1) is 0 Å². The Balaban J connectivity index is 2.34. The van der Waals surface area contributed by atoms with E-state index < -0.39 is 0 Å². The summed E-state index contributed by atoms with van der Waals surface area (Å²) in [5.74, 6) is -0.0937. The summed E-state index contributed by atoms with van der Waals surface area (Å²) in [6.45, 7) is 2.69. The molecule has 0 unspecified atom stereocenters. The van der Waals surface area contributed by atoms with Crippen molar-refractivity contribution in [3.05, 3.63) is 48.4 Å². The topological polar surface area (TPSA) is 54.9 Å². The highest BCUT2D eigenvalue weighted by atomic mass is 16.1. The monoisotopic (exact) mass is 241 g/mol. The SMILES string of the molecule is CCCNC(=O)c1cccnc1-c1cccnc1. The molecule has 0 aliphatic heterocycles. The molecule has 1 amide bonds. The predicted octanol–water partition coefficient (Wildman–Crippen LogP) is 2.28. The number of pyridine rings is 2. The summed E-state index contributed by atoms with van der Waals surface area (Å²) in [4.78, 5) is 20.4. The van der Waals surface area contributed by atoms with E-state index >= 15 is 0 Å². The average molecular weight is 241 g/mol. The van der Waals surface area contributed by atoms with E-state index in [2.05, 4.69) is 15.3 Å². The van der Waals surface area contributed by atoms with Gasteiger partial charge in [0.1, 0.15) is 0 Å². The summed E-state index contributed by atoms with van der Waals surface area (Å²) >= 11 is 0. The first-order chi connectivity index (χ1) is 8.83. The maximum Gasteiger partial charge on any atom is 0.253 e. The molecule has 2 heterocycles. The number of aromatic nitrogens is 2. The van der Waals surface area contributed by atoms with Gasteiger partial charge in [0.25, 0.3) is 5.91 Å². The van der Waals surface area contributed by atoms with E-state index in [4.69, 9.17) is 0 Å². The molecular weight excluding hydrogens is 226 g/mol. The maximum atomic E-state index is 12.0. The first-order valence-electron chi connectivity index (χ1n) is 5.96. The van der Waals surface area contributed by atoms with Crippen molar-refractivity contribution >= 4 is 5.91 Å². The molecule has 0 aliphatic rings. The van der Waals surface area contributed by atoms with Crippen LogP contribution in [0.3, 0.4) is 0 Å². The van der Waals surface area contributed by atoms with E-state index in [9.17, 15) is 4.79 Å². The van der Waals surface area contributed by atoms with Crippen molar-refractivity contribution in [2.45, 2.75) is 13.3 Å². The van der Waals surface area contributed by atoms with Crippen LogP contribution >= 0.6 is 0 Å². The van der Waals surface area contributed by atoms with Gasteiger partial charge in [0.05, 0.1) is 11.3 Å². The lowest BCUT2D eigenvalue weighted by molar-refractivity contribution is 0.0954. The van der Waals surface area contributed by atoms with Crippen molar-refractivity contribution < 1.29 is 4.79 Å². The molecule has 4 nitrogen and oxygen atoms in total. The molecule has 2 aromatic heterocycles. The van der Waals surface area contributed by atoms with Crippen LogP contribution in [-0.2, 0) is 0 Å². The molecule has 0 saturated heterocycles. The molecule has 2 aromatic rings. The third-order valence-electron chi connectivity index (χ3n) is 2.52. The predicted molar refractivity (Wildman–Crippen MR) is 70.1 cm³/mol. The lowest BCUT2D eigenvalue weighted by atomic mass is 10.1. The number of hydrogen-bond acceptors (Lipinski definition) is 3. The number of carbonyl (C=O) groups is 1. The standard InChI is InChI=1S/C14H15N3O/c1-2-7-17-14(18)12-6-4-9-16-13(12)11-5-3-8-15-10-11/h3-6,8-10H,2,7H2,1H3,(H,17,18). The maximum absolute atomic E-state index is 12.0. The van der Waals surface area contributed by atoms with E-state index in [0.29, 0.717) is 17.8 Å². The molecule has 0 aromatic carbocycles. The molecule has 4 heteroatoms. The summed E-state index contributed by atoms with van der Waals surface area (Å²) < 4.78 is 0. The Labute approximate surface area is 106 Å². The van der Waals surface area contributed by atoms with Crippen molar-refractivity contribution in [2.75, 3.05) is 6.54 Å². The second-order valence-electron chi connectivity index (χ2n) is 3.90. The molecule has 0 radical (unpaired) electrons. The molecule has 0 spiro atoms. The minimum atomic E-state index is -0.0937. The van der Waals surface area contributed by atoms with Gasteiger partial charge >= 0.3 is 0 Å². The van der Waals surface area contributed by atoms with Gasteiger partial charge in [0, 0.05) is 30.7 Å². The van der Waals surface area contributed by atoms with E-state index in [1.165, 1.54) is 0 Å². The van der Waals surface area contributed by atoms with Crippen LogP contribution in [-0.4, -0.2) is 22.4 Å². The van der Waals surface area contributed by atoms with Crippen LogP contribution in [0, 0.1) is 0 Å². The second kappa shape index (κ2) is 5.91. The highest BCUT2D eigenvalue weighted by Crippen LogP contribution is 2.19. The Morgan fingerprint density at radius 1 is 1.28 bits per heavy atom. The van der Waals surface area contributed by atoms with Gasteiger partial charge < -0.3 is 5.32 Å². The summed E-state index contributed by atoms with van der Waals surface area (Å²) in [6.07, 6.45) is 6.00. The summed E-state index contributed by atoms with van der Waals surface area (Å²) in [7, 11) is 0. The first-order valence-corrected chi connectivity index (χ1v) is 5.96. The summed E-state index contributed by atoms with van der Waals surface area (Å²) in [5.41, 5.74) is 2.10. The van der Waals surface area contributed by atoms with Gasteiger partial charge in [0.2, 0.25) is 0 Å². The number of carbonyl (C=O) groups excluding carboxylic acids is 1. The molecule has 1 N–H and O–H groups in total. The van der Waals surface area contributed by atoms with Crippen LogP contribution in [0.15, 0.2) is 42.9 Å². The van der Waals surface area contributed by atoms with Gasteiger partial charge in [-0.25, -0.2) is 0 Å². The van der Waals surface area contributed by atoms with Crippen LogP contribution in [0.5, 0.6) is 0 Å². The van der Waals surface area contributed by atoms with Crippen molar-refractivity contribution in [1.82, 2.24) is 15.3 Å². The zero-order chi connectivity index (χ0) is 12.8. The molecule has 0 fully saturated rings. The minimum absolute atomic E-state index is 0.0937. The smallest absolute Gasteiger partial charge is 0.253 e. The van der Waals surface area contributed by atoms with E-state index in [0.717, 1.165) is 12.0 Å². The van der Waals surface area contributed by atoms with Gasteiger partial charge in [-0.1, -0.05) is 6.92 Å². The number of hydrogen-bond donors (Lipinski definition) is 1. The van der Waals surface area contributed by atoms with Crippen molar-refractivity contribution in [1.29, 1.82) is 0 Å². The molecule has 0 bridgehead atoms. The summed E-state index contributed by atoms with van der Waals surface area (Å²) in [5, 5.41) is 2.86. The number of nitrogens with one attached hydrogen (secondary N) is 1. The molecule has 0 atom stereocenters. The van der Waals surface area contributed by atoms with Gasteiger partial charge in [-0.3, -0.25) is 14.8 Å². The zero-order valence-corrected chi connectivity index (χ0v) is 10.3. The number of amides is 1. The lowest BCUT2D eigenvalue weighted by Gasteiger charge is -2.08. The second-order valence-corrected chi connectivity index (χ2v) is 3.90. The third kappa shape index (κ3) is 2.71. The average Bonchev–Trinajstić information content (AvgIpc) is 2.45. The summed E-state index contributed by atoms with van der Waals surface area (Å²) in [6, 6.07) is 7.27. The fourth-order valence-electron chi connectivity index (χ4n) is 1.66. The largest absolute Gasteiger partial charge is 0.352 e. The molecule has 2 rings (SSSR count). The molecule has 18 heavy (non-hydrogen) atoms. The highest BCUT2D eigenvalue weighted by Gasteiger charge is 2.12. The Hall–Kier alpha value is -2.23. The highest BCUT2D eigenvalue weighted by molar-refractivity contribution is 5.99. The van der Waals surface area contributed by atoms with Crippen LogP contribution in [0.2, 0.25) is 0 Å². The van der Waals surface area contributed by atoms with Gasteiger partial charge in [0.15, 0.2) is 0 Å². The fraction of sp³-hybridized carbons (Fsp3) is 0.214. The Morgan fingerprint density at radius 2 is 2.11 bits per heavy atom. The van der Waals surface area contributed by atoms with E-state index in [1.54, 1.807) is 30.7 Å². The van der Waals surface area contributed by atoms with Gasteiger partial charge in [-0.2, -0.15) is 0 Å². The first kappa shape index (κ1) is 12.2. The third-order valence-corrected chi connectivity index (χ3v) is 2.52. The number of rotatable bonds is 4. The Morgan fingerprint density at radius 3 is 2.83 bits per heavy atom. The molecule has 0 aliphatic carbocycles. The zero-order valence-electron chi connectivity index (χ0n) is 10.3. The van der Waals surface area contributed by atoms with Crippen molar-refractivity contribution in [3.63, 3.8) is 0 Å². The number of nitrogens with zero attached hydrogens (tertiary/aromatic N) is 2. The van der Waals surface area contributed by atoms with Crippen LogP contribution < -0.4 is 5.32 Å². The van der Waals surface area contributed by atoms with Crippen molar-refractivity contribution in [3.8, 4) is 11.3 Å². The van der Waals surface area contributed by atoms with Crippen molar-refractivity contribution in [2.24, 2.45) is 0 Å². The van der Waals surface area contributed by atoms with Crippen LogP contribution in [0.4, 0.5) is 0 Å². The van der Waals surface area contributed by atoms with E-state index in [-0.39, 0.29) is 5.91 Å². The van der Waals surface area contributed by atoms with E-state index in [1.807, 2.05) is 19.1 Å². The van der Waals surface area contributed by atoms with Crippen LogP contribution in [0.25, 0.3) is 11.3 Å². The van der Waals surface area contributed by atoms with Gasteiger partial charge in [-0.05, 0) is 30.7 Å². The molecule has 92 valence electrons. The fourth-order valence-corrected chi connectivity index (χ4v) is 1.66. The van der Waals surface area contributed by atoms with Crippen LogP contribution in [0.1, 0.15) is 23.7 Å².